The zero-order chi connectivity index (χ0) is 14.1. The third-order valence-electron chi connectivity index (χ3n) is 2.61. The first-order valence-corrected chi connectivity index (χ1v) is 7.03. The van der Waals surface area contributed by atoms with Gasteiger partial charge in [0, 0.05) is 17.5 Å². The van der Waals surface area contributed by atoms with Gasteiger partial charge in [0.15, 0.2) is 0 Å². The lowest BCUT2D eigenvalue weighted by atomic mass is 10.2. The highest BCUT2D eigenvalue weighted by Gasteiger charge is 1.99. The zero-order valence-electron chi connectivity index (χ0n) is 12.3. The summed E-state index contributed by atoms with van der Waals surface area (Å²) >= 11 is 0. The van der Waals surface area contributed by atoms with Gasteiger partial charge in [-0.3, -0.25) is 0 Å². The summed E-state index contributed by atoms with van der Waals surface area (Å²) in [6.45, 7) is 7.84. The highest BCUT2D eigenvalue weighted by atomic mass is 16.5. The number of anilines is 1. The topological polar surface area (TPSA) is 47.3 Å². The molecule has 106 valence electrons. The van der Waals surface area contributed by atoms with E-state index in [4.69, 9.17) is 10.5 Å². The number of nitrogens with two attached hydrogens (primary N) is 1. The van der Waals surface area contributed by atoms with Gasteiger partial charge >= 0.3 is 0 Å². The van der Waals surface area contributed by atoms with Crippen molar-refractivity contribution in [1.29, 1.82) is 0 Å². The Morgan fingerprint density at radius 1 is 1.42 bits per heavy atom. The van der Waals surface area contributed by atoms with Gasteiger partial charge in [0.25, 0.3) is 0 Å². The van der Waals surface area contributed by atoms with Crippen LogP contribution in [0.2, 0.25) is 0 Å². The predicted octanol–water partition coefficient (Wildman–Crippen LogP) is 3.78. The van der Waals surface area contributed by atoms with E-state index in [-0.39, 0.29) is 0 Å². The van der Waals surface area contributed by atoms with Crippen LogP contribution in [0.3, 0.4) is 0 Å². The van der Waals surface area contributed by atoms with Crippen LogP contribution in [0.4, 0.5) is 5.69 Å². The van der Waals surface area contributed by atoms with Crippen LogP contribution in [0.15, 0.2) is 36.0 Å². The standard InChI is InChI=1S/C16H26N2O/c1-4-5-7-14(17)11-18-15-8-6-9-16(10-15)19-12-13(2)3/h6-10,13,18H,4-5,11-12,17H2,1-3H3/b14-7+. The fourth-order valence-electron chi connectivity index (χ4n) is 1.56. The largest absolute Gasteiger partial charge is 0.493 e. The molecule has 0 aliphatic rings. The van der Waals surface area contributed by atoms with Crippen LogP contribution in [-0.2, 0) is 0 Å². The highest BCUT2D eigenvalue weighted by molar-refractivity contribution is 5.48. The molecule has 3 heteroatoms. The minimum absolute atomic E-state index is 0.532. The number of ether oxygens (including phenoxy) is 1. The Morgan fingerprint density at radius 2 is 2.21 bits per heavy atom. The maximum absolute atomic E-state index is 5.91. The minimum Gasteiger partial charge on any atom is -0.493 e. The Balaban J connectivity index is 2.48. The molecule has 19 heavy (non-hydrogen) atoms. The van der Waals surface area contributed by atoms with Gasteiger partial charge in [-0.15, -0.1) is 0 Å². The summed E-state index contributed by atoms with van der Waals surface area (Å²) in [5.41, 5.74) is 7.83. The normalized spacial score (nSPS) is 11.7. The summed E-state index contributed by atoms with van der Waals surface area (Å²) in [7, 11) is 0. The molecule has 1 aromatic carbocycles. The second-order valence-electron chi connectivity index (χ2n) is 5.15. The molecule has 0 aliphatic carbocycles. The Hall–Kier alpha value is -1.64. The van der Waals surface area contributed by atoms with Crippen LogP contribution in [0, 0.1) is 5.92 Å². The van der Waals surface area contributed by atoms with Crippen molar-refractivity contribution >= 4 is 5.69 Å². The second kappa shape index (κ2) is 8.46. The Bertz CT molecular complexity index is 399. The molecule has 0 fully saturated rings. The molecule has 0 radical (unpaired) electrons. The monoisotopic (exact) mass is 262 g/mol. The van der Waals surface area contributed by atoms with Gasteiger partial charge in [0.05, 0.1) is 13.2 Å². The number of unbranched alkanes of at least 4 members (excludes halogenated alkanes) is 1. The van der Waals surface area contributed by atoms with E-state index in [1.54, 1.807) is 0 Å². The molecule has 0 unspecified atom stereocenters. The van der Waals surface area contributed by atoms with Gasteiger partial charge < -0.3 is 15.8 Å². The van der Waals surface area contributed by atoms with Gasteiger partial charge in [-0.05, 0) is 24.5 Å². The van der Waals surface area contributed by atoms with Gasteiger partial charge in [0.1, 0.15) is 5.75 Å². The molecule has 1 aromatic rings. The smallest absolute Gasteiger partial charge is 0.121 e. The van der Waals surface area contributed by atoms with E-state index in [9.17, 15) is 0 Å². The van der Waals surface area contributed by atoms with Gasteiger partial charge in [-0.25, -0.2) is 0 Å². The zero-order valence-corrected chi connectivity index (χ0v) is 12.3. The lowest BCUT2D eigenvalue weighted by Gasteiger charge is -2.11. The Labute approximate surface area is 116 Å². The molecule has 0 saturated heterocycles. The molecule has 0 heterocycles. The summed E-state index contributed by atoms with van der Waals surface area (Å²) in [6.07, 6.45) is 4.23. The molecule has 0 aliphatic heterocycles. The quantitative estimate of drug-likeness (QED) is 0.749. The second-order valence-corrected chi connectivity index (χ2v) is 5.15. The predicted molar refractivity (Wildman–Crippen MR) is 82.4 cm³/mol. The molecule has 0 atom stereocenters. The first-order valence-electron chi connectivity index (χ1n) is 7.03. The molecule has 3 N–H and O–H groups in total. The van der Waals surface area contributed by atoms with Crippen molar-refractivity contribution in [3.63, 3.8) is 0 Å². The van der Waals surface area contributed by atoms with Crippen LogP contribution in [0.25, 0.3) is 0 Å². The van der Waals surface area contributed by atoms with Gasteiger partial charge in [0.2, 0.25) is 0 Å². The Kier molecular flexibility index (Phi) is 6.86. The summed E-state index contributed by atoms with van der Waals surface area (Å²) < 4.78 is 5.69. The van der Waals surface area contributed by atoms with Gasteiger partial charge in [-0.1, -0.05) is 39.3 Å². The van der Waals surface area contributed by atoms with Crippen molar-refractivity contribution < 1.29 is 4.74 Å². The van der Waals surface area contributed by atoms with Crippen molar-refractivity contribution in [2.75, 3.05) is 18.5 Å². The summed E-state index contributed by atoms with van der Waals surface area (Å²) in [4.78, 5) is 0. The molecule has 0 saturated carbocycles. The summed E-state index contributed by atoms with van der Waals surface area (Å²) in [5.74, 6) is 1.43. The van der Waals surface area contributed by atoms with Crippen LogP contribution >= 0.6 is 0 Å². The molecule has 3 nitrogen and oxygen atoms in total. The SMILES string of the molecule is CCC/C=C(/N)CNc1cccc(OCC(C)C)c1. The molecule has 1 rings (SSSR count). The Morgan fingerprint density at radius 3 is 2.89 bits per heavy atom. The van der Waals surface area contributed by atoms with E-state index < -0.39 is 0 Å². The molecule has 0 bridgehead atoms. The third kappa shape index (κ3) is 6.75. The average Bonchev–Trinajstić information content (AvgIpc) is 2.41. The number of rotatable bonds is 8. The molecular formula is C16H26N2O. The van der Waals surface area contributed by atoms with Crippen LogP contribution in [0.5, 0.6) is 5.75 Å². The molecular weight excluding hydrogens is 236 g/mol. The number of allylic oxidation sites excluding steroid dienone is 1. The number of benzene rings is 1. The van der Waals surface area contributed by atoms with Crippen LogP contribution < -0.4 is 15.8 Å². The van der Waals surface area contributed by atoms with E-state index in [1.165, 1.54) is 0 Å². The summed E-state index contributed by atoms with van der Waals surface area (Å²) in [5, 5.41) is 3.31. The van der Waals surface area contributed by atoms with Crippen molar-refractivity contribution in [3.05, 3.63) is 36.0 Å². The molecule has 0 aromatic heterocycles. The lowest BCUT2D eigenvalue weighted by molar-refractivity contribution is 0.271. The van der Waals surface area contributed by atoms with E-state index in [2.05, 4.69) is 32.2 Å². The first kappa shape index (κ1) is 15.4. The van der Waals surface area contributed by atoms with E-state index >= 15 is 0 Å². The number of hydrogen-bond donors (Lipinski definition) is 2. The number of hydrogen-bond acceptors (Lipinski definition) is 3. The fraction of sp³-hybridized carbons (Fsp3) is 0.500. The fourth-order valence-corrected chi connectivity index (χ4v) is 1.56. The van der Waals surface area contributed by atoms with E-state index in [0.29, 0.717) is 12.5 Å². The van der Waals surface area contributed by atoms with Crippen molar-refractivity contribution in [3.8, 4) is 5.75 Å². The molecule has 0 amide bonds. The van der Waals surface area contributed by atoms with Crippen LogP contribution in [-0.4, -0.2) is 13.2 Å². The van der Waals surface area contributed by atoms with Crippen molar-refractivity contribution in [1.82, 2.24) is 0 Å². The summed E-state index contributed by atoms with van der Waals surface area (Å²) in [6, 6.07) is 8.00. The van der Waals surface area contributed by atoms with E-state index in [1.807, 2.05) is 24.3 Å². The van der Waals surface area contributed by atoms with E-state index in [0.717, 1.165) is 36.6 Å². The lowest BCUT2D eigenvalue weighted by Crippen LogP contribution is -2.11. The average molecular weight is 262 g/mol. The van der Waals surface area contributed by atoms with Crippen molar-refractivity contribution in [2.24, 2.45) is 11.7 Å². The maximum atomic E-state index is 5.91. The van der Waals surface area contributed by atoms with Crippen LogP contribution in [0.1, 0.15) is 33.6 Å². The minimum atomic E-state index is 0.532. The van der Waals surface area contributed by atoms with Crippen molar-refractivity contribution in [2.45, 2.75) is 33.6 Å². The van der Waals surface area contributed by atoms with Gasteiger partial charge in [-0.2, -0.15) is 0 Å². The third-order valence-corrected chi connectivity index (χ3v) is 2.61. The highest BCUT2D eigenvalue weighted by Crippen LogP contribution is 2.18. The first-order chi connectivity index (χ1) is 9.11. The maximum Gasteiger partial charge on any atom is 0.121 e. The number of nitrogens with one attached hydrogen (secondary N) is 1. The molecule has 0 spiro atoms.